The number of hydrogen-bond acceptors (Lipinski definition) is 3. The molecule has 1 aromatic carbocycles. The first-order valence-corrected chi connectivity index (χ1v) is 5.41. The van der Waals surface area contributed by atoms with E-state index in [9.17, 15) is 9.18 Å². The summed E-state index contributed by atoms with van der Waals surface area (Å²) in [5, 5.41) is 8.69. The predicted octanol–water partition coefficient (Wildman–Crippen LogP) is 1.74. The highest BCUT2D eigenvalue weighted by Crippen LogP contribution is 2.39. The van der Waals surface area contributed by atoms with E-state index in [1.165, 1.54) is 31.4 Å². The summed E-state index contributed by atoms with van der Waals surface area (Å²) < 4.78 is 23.7. The number of ether oxygens (including phenoxy) is 2. The van der Waals surface area contributed by atoms with Gasteiger partial charge in [-0.1, -0.05) is 6.08 Å². The van der Waals surface area contributed by atoms with Crippen LogP contribution in [0.5, 0.6) is 5.75 Å². The van der Waals surface area contributed by atoms with Crippen LogP contribution in [0.1, 0.15) is 5.56 Å². The van der Waals surface area contributed by atoms with Crippen LogP contribution in [0, 0.1) is 5.82 Å². The van der Waals surface area contributed by atoms with Crippen molar-refractivity contribution in [3.63, 3.8) is 0 Å². The van der Waals surface area contributed by atoms with Crippen molar-refractivity contribution in [1.29, 1.82) is 0 Å². The molecule has 0 aliphatic carbocycles. The van der Waals surface area contributed by atoms with Gasteiger partial charge in [0.1, 0.15) is 11.6 Å². The summed E-state index contributed by atoms with van der Waals surface area (Å²) in [5.74, 6) is -0.910. The van der Waals surface area contributed by atoms with E-state index in [2.05, 4.69) is 0 Å². The third-order valence-corrected chi connectivity index (χ3v) is 2.96. The zero-order valence-corrected chi connectivity index (χ0v) is 9.85. The topological polar surface area (TPSA) is 55.8 Å². The van der Waals surface area contributed by atoms with E-state index in [-0.39, 0.29) is 5.82 Å². The monoisotopic (exact) mass is 252 g/mol. The fraction of sp³-hybridized carbons (Fsp3) is 0.308. The molecule has 1 saturated heterocycles. The fourth-order valence-corrected chi connectivity index (χ4v) is 1.96. The summed E-state index contributed by atoms with van der Waals surface area (Å²) in [4.78, 5) is 10.6. The largest absolute Gasteiger partial charge is 0.496 e. The normalized spacial score (nSPS) is 17.4. The minimum absolute atomic E-state index is 0.316. The Morgan fingerprint density at radius 1 is 1.56 bits per heavy atom. The first-order valence-electron chi connectivity index (χ1n) is 5.41. The lowest BCUT2D eigenvalue weighted by Gasteiger charge is -2.40. The Kier molecular flexibility index (Phi) is 3.34. The second kappa shape index (κ2) is 4.78. The van der Waals surface area contributed by atoms with E-state index >= 15 is 0 Å². The summed E-state index contributed by atoms with van der Waals surface area (Å²) in [5.41, 5.74) is -0.0139. The number of carbonyl (C=O) groups is 1. The predicted molar refractivity (Wildman–Crippen MR) is 62.2 cm³/mol. The lowest BCUT2D eigenvalue weighted by molar-refractivity contribution is -0.131. The van der Waals surface area contributed by atoms with E-state index in [4.69, 9.17) is 14.6 Å². The number of carboxylic acids is 1. The number of aliphatic carboxylic acids is 1. The maximum atomic E-state index is 13.3. The van der Waals surface area contributed by atoms with Gasteiger partial charge < -0.3 is 14.6 Å². The Hall–Kier alpha value is -1.88. The minimum atomic E-state index is -1.04. The van der Waals surface area contributed by atoms with E-state index in [0.29, 0.717) is 24.5 Å². The number of hydrogen-bond donors (Lipinski definition) is 1. The van der Waals surface area contributed by atoms with Gasteiger partial charge in [-0.3, -0.25) is 0 Å². The molecule has 0 radical (unpaired) electrons. The molecule has 0 unspecified atom stereocenters. The van der Waals surface area contributed by atoms with Gasteiger partial charge in [0, 0.05) is 11.6 Å². The Labute approximate surface area is 104 Å². The van der Waals surface area contributed by atoms with Crippen LogP contribution in [-0.2, 0) is 14.9 Å². The van der Waals surface area contributed by atoms with Crippen LogP contribution < -0.4 is 4.74 Å². The summed E-state index contributed by atoms with van der Waals surface area (Å²) in [6.45, 7) is 0.632. The third-order valence-electron chi connectivity index (χ3n) is 2.96. The molecule has 4 nitrogen and oxygen atoms in total. The maximum absolute atomic E-state index is 13.3. The molecular weight excluding hydrogens is 239 g/mol. The Morgan fingerprint density at radius 3 is 2.78 bits per heavy atom. The molecule has 0 aromatic heterocycles. The first-order chi connectivity index (χ1) is 8.57. The van der Waals surface area contributed by atoms with Gasteiger partial charge in [-0.15, -0.1) is 0 Å². The molecule has 0 saturated carbocycles. The fourth-order valence-electron chi connectivity index (χ4n) is 1.96. The molecule has 0 spiro atoms. The van der Waals surface area contributed by atoms with E-state index in [1.54, 1.807) is 0 Å². The summed E-state index contributed by atoms with van der Waals surface area (Å²) in [6, 6.07) is 4.18. The van der Waals surface area contributed by atoms with Gasteiger partial charge in [0.15, 0.2) is 0 Å². The number of carboxylic acid groups (broad SMARTS) is 1. The highest BCUT2D eigenvalue weighted by atomic mass is 19.1. The molecule has 1 aliphatic heterocycles. The first kappa shape index (κ1) is 12.6. The summed E-state index contributed by atoms with van der Waals surface area (Å²) >= 11 is 0. The molecule has 0 bridgehead atoms. The minimum Gasteiger partial charge on any atom is -0.496 e. The molecular formula is C13H13FO4. The van der Waals surface area contributed by atoms with E-state index < -0.39 is 11.4 Å². The van der Waals surface area contributed by atoms with Crippen molar-refractivity contribution >= 4 is 5.97 Å². The van der Waals surface area contributed by atoms with Gasteiger partial charge in [0.05, 0.1) is 25.7 Å². The van der Waals surface area contributed by atoms with Crippen molar-refractivity contribution in [2.24, 2.45) is 0 Å². The molecule has 1 aliphatic rings. The van der Waals surface area contributed by atoms with Crippen LogP contribution in [-0.4, -0.2) is 31.4 Å². The zero-order chi connectivity index (χ0) is 13.2. The lowest BCUT2D eigenvalue weighted by atomic mass is 9.77. The second-order valence-electron chi connectivity index (χ2n) is 4.17. The molecule has 18 heavy (non-hydrogen) atoms. The number of benzene rings is 1. The Bertz CT molecular complexity index is 492. The molecule has 96 valence electrons. The van der Waals surface area contributed by atoms with E-state index in [1.807, 2.05) is 0 Å². The molecule has 1 aromatic rings. The third kappa shape index (κ3) is 2.22. The van der Waals surface area contributed by atoms with Gasteiger partial charge in [-0.05, 0) is 18.2 Å². The van der Waals surface area contributed by atoms with Gasteiger partial charge in [-0.2, -0.15) is 0 Å². The molecule has 1 N–H and O–H groups in total. The standard InChI is InChI=1S/C13H13FO4/c1-17-11-3-2-9(14)6-10(11)13(7-18-8-13)5-4-12(15)16/h2-6H,7-8H2,1H3,(H,15,16)/b5-4+. The highest BCUT2D eigenvalue weighted by molar-refractivity contribution is 5.80. The van der Waals surface area contributed by atoms with Gasteiger partial charge >= 0.3 is 5.97 Å². The SMILES string of the molecule is COc1ccc(F)cc1C1(/C=C/C(=O)O)COC1. The molecule has 0 atom stereocenters. The average molecular weight is 252 g/mol. The van der Waals surface area contributed by atoms with Crippen LogP contribution in [0.4, 0.5) is 4.39 Å². The molecule has 0 amide bonds. The van der Waals surface area contributed by atoms with Gasteiger partial charge in [-0.25, -0.2) is 9.18 Å². The zero-order valence-electron chi connectivity index (χ0n) is 9.85. The molecule has 2 rings (SSSR count). The van der Waals surface area contributed by atoms with Crippen molar-refractivity contribution < 1.29 is 23.8 Å². The lowest BCUT2D eigenvalue weighted by Crippen LogP contribution is -2.45. The number of rotatable bonds is 4. The quantitative estimate of drug-likeness (QED) is 0.829. The highest BCUT2D eigenvalue weighted by Gasteiger charge is 2.40. The molecule has 5 heteroatoms. The van der Waals surface area contributed by atoms with Crippen molar-refractivity contribution in [3.05, 3.63) is 41.7 Å². The Balaban J connectivity index is 2.44. The Morgan fingerprint density at radius 2 is 2.28 bits per heavy atom. The van der Waals surface area contributed by atoms with Crippen molar-refractivity contribution in [1.82, 2.24) is 0 Å². The van der Waals surface area contributed by atoms with E-state index in [0.717, 1.165) is 6.08 Å². The average Bonchev–Trinajstić information content (AvgIpc) is 2.27. The summed E-state index contributed by atoms with van der Waals surface area (Å²) in [7, 11) is 1.49. The number of halogens is 1. The van der Waals surface area contributed by atoms with Crippen LogP contribution in [0.25, 0.3) is 0 Å². The van der Waals surface area contributed by atoms with Crippen molar-refractivity contribution in [3.8, 4) is 5.75 Å². The van der Waals surface area contributed by atoms with Gasteiger partial charge in [0.25, 0.3) is 0 Å². The smallest absolute Gasteiger partial charge is 0.328 e. The van der Waals surface area contributed by atoms with Crippen LogP contribution >= 0.6 is 0 Å². The van der Waals surface area contributed by atoms with Crippen LogP contribution in [0.2, 0.25) is 0 Å². The summed E-state index contributed by atoms with van der Waals surface area (Å²) in [6.07, 6.45) is 2.57. The number of methoxy groups -OCH3 is 1. The van der Waals surface area contributed by atoms with Crippen LogP contribution in [0.3, 0.4) is 0 Å². The van der Waals surface area contributed by atoms with Crippen molar-refractivity contribution in [2.45, 2.75) is 5.41 Å². The van der Waals surface area contributed by atoms with Gasteiger partial charge in [0.2, 0.25) is 0 Å². The molecule has 1 heterocycles. The molecule has 1 fully saturated rings. The second-order valence-corrected chi connectivity index (χ2v) is 4.17. The van der Waals surface area contributed by atoms with Crippen molar-refractivity contribution in [2.75, 3.05) is 20.3 Å². The maximum Gasteiger partial charge on any atom is 0.328 e. The van der Waals surface area contributed by atoms with Crippen LogP contribution in [0.15, 0.2) is 30.4 Å².